The van der Waals surface area contributed by atoms with Gasteiger partial charge in [-0.3, -0.25) is 0 Å². The van der Waals surface area contributed by atoms with Gasteiger partial charge in [0.2, 0.25) is 0 Å². The van der Waals surface area contributed by atoms with Gasteiger partial charge in [-0.05, 0) is 18.2 Å². The molecule has 0 saturated carbocycles. The number of benzene rings is 1. The lowest BCUT2D eigenvalue weighted by Crippen LogP contribution is -2.19. The lowest BCUT2D eigenvalue weighted by molar-refractivity contribution is -0.0497. The second-order valence-electron chi connectivity index (χ2n) is 4.37. The molecule has 0 amide bonds. The van der Waals surface area contributed by atoms with Gasteiger partial charge in [-0.2, -0.15) is 10.2 Å². The lowest BCUT2D eigenvalue weighted by atomic mass is 10.2. The van der Waals surface area contributed by atoms with Crippen LogP contribution in [0.15, 0.2) is 42.9 Å². The van der Waals surface area contributed by atoms with E-state index in [-0.39, 0.29) is 0 Å². The van der Waals surface area contributed by atoms with Crippen LogP contribution in [0.1, 0.15) is 0 Å². The van der Waals surface area contributed by atoms with Crippen LogP contribution in [0, 0.1) is 0 Å². The molecule has 0 atom stereocenters. The summed E-state index contributed by atoms with van der Waals surface area (Å²) in [6, 6.07) is 7.41. The van der Waals surface area contributed by atoms with Crippen LogP contribution in [0.3, 0.4) is 0 Å². The Morgan fingerprint density at radius 3 is 3.10 bits per heavy atom. The predicted molar refractivity (Wildman–Crippen MR) is 72.5 cm³/mol. The number of nitrogen functional groups attached to an aromatic ring is 1. The van der Waals surface area contributed by atoms with Gasteiger partial charge in [0, 0.05) is 11.5 Å². The monoisotopic (exact) mass is 269 g/mol. The Morgan fingerprint density at radius 1 is 1.30 bits per heavy atom. The zero-order valence-electron chi connectivity index (χ0n) is 10.4. The summed E-state index contributed by atoms with van der Waals surface area (Å²) in [4.78, 5) is 9.95. The number of anilines is 1. The van der Waals surface area contributed by atoms with E-state index < -0.39 is 0 Å². The molecule has 3 heterocycles. The SMILES string of the molecule is Nc1nc2ccnn2c2ccc(ON3C=COC3)cc12. The van der Waals surface area contributed by atoms with Gasteiger partial charge in [0.05, 0.1) is 17.9 Å². The smallest absolute Gasteiger partial charge is 0.193 e. The minimum Gasteiger partial charge on any atom is -0.476 e. The van der Waals surface area contributed by atoms with E-state index in [0.29, 0.717) is 18.3 Å². The van der Waals surface area contributed by atoms with Crippen LogP contribution in [0.25, 0.3) is 16.6 Å². The van der Waals surface area contributed by atoms with Gasteiger partial charge < -0.3 is 15.3 Å². The first-order valence-corrected chi connectivity index (χ1v) is 6.07. The molecule has 7 nitrogen and oxygen atoms in total. The molecule has 1 aliphatic heterocycles. The number of nitrogens with two attached hydrogens (primary N) is 1. The zero-order chi connectivity index (χ0) is 13.5. The van der Waals surface area contributed by atoms with E-state index in [2.05, 4.69) is 10.1 Å². The second kappa shape index (κ2) is 4.02. The molecule has 0 saturated heterocycles. The number of ether oxygens (including phenoxy) is 1. The summed E-state index contributed by atoms with van der Waals surface area (Å²) in [5.41, 5.74) is 7.61. The van der Waals surface area contributed by atoms with Crippen molar-refractivity contribution in [3.8, 4) is 5.75 Å². The van der Waals surface area contributed by atoms with E-state index in [1.165, 1.54) is 0 Å². The average Bonchev–Trinajstić information content (AvgIpc) is 3.10. The normalized spacial score (nSPS) is 14.1. The average molecular weight is 269 g/mol. The van der Waals surface area contributed by atoms with E-state index in [1.807, 2.05) is 24.3 Å². The van der Waals surface area contributed by atoms with E-state index in [4.69, 9.17) is 15.3 Å². The third kappa shape index (κ3) is 1.60. The van der Waals surface area contributed by atoms with Gasteiger partial charge in [0.25, 0.3) is 0 Å². The Morgan fingerprint density at radius 2 is 2.25 bits per heavy atom. The second-order valence-corrected chi connectivity index (χ2v) is 4.37. The molecule has 7 heteroatoms. The Balaban J connectivity index is 1.83. The number of hydrogen-bond acceptors (Lipinski definition) is 6. The molecular weight excluding hydrogens is 258 g/mol. The van der Waals surface area contributed by atoms with E-state index in [1.54, 1.807) is 28.2 Å². The van der Waals surface area contributed by atoms with Gasteiger partial charge in [0.15, 0.2) is 18.1 Å². The summed E-state index contributed by atoms with van der Waals surface area (Å²) in [5, 5.41) is 6.61. The Kier molecular flexibility index (Phi) is 2.19. The van der Waals surface area contributed by atoms with Crippen LogP contribution in [0.4, 0.5) is 5.82 Å². The van der Waals surface area contributed by atoms with Crippen LogP contribution in [0.2, 0.25) is 0 Å². The lowest BCUT2D eigenvalue weighted by Gasteiger charge is -2.15. The van der Waals surface area contributed by atoms with Crippen molar-refractivity contribution in [2.24, 2.45) is 0 Å². The van der Waals surface area contributed by atoms with Crippen LogP contribution in [-0.2, 0) is 4.74 Å². The molecule has 0 aliphatic carbocycles. The molecule has 1 aromatic carbocycles. The van der Waals surface area contributed by atoms with Gasteiger partial charge in [-0.1, -0.05) is 0 Å². The van der Waals surface area contributed by atoms with Crippen LogP contribution >= 0.6 is 0 Å². The highest BCUT2D eigenvalue weighted by Crippen LogP contribution is 2.26. The molecule has 0 bridgehead atoms. The number of hydroxylamine groups is 2. The summed E-state index contributed by atoms with van der Waals surface area (Å²) >= 11 is 0. The fourth-order valence-electron chi connectivity index (χ4n) is 2.17. The van der Waals surface area contributed by atoms with E-state index in [0.717, 1.165) is 16.6 Å². The number of aromatic nitrogens is 3. The van der Waals surface area contributed by atoms with Crippen LogP contribution in [0.5, 0.6) is 5.75 Å². The highest BCUT2D eigenvalue weighted by Gasteiger charge is 2.11. The Bertz CT molecular complexity index is 826. The molecule has 20 heavy (non-hydrogen) atoms. The predicted octanol–water partition coefficient (Wildman–Crippen LogP) is 1.52. The minimum absolute atomic E-state index is 0.365. The first kappa shape index (κ1) is 10.9. The summed E-state index contributed by atoms with van der Waals surface area (Å²) in [5.74, 6) is 1.11. The summed E-state index contributed by atoms with van der Waals surface area (Å²) in [7, 11) is 0. The minimum atomic E-state index is 0.365. The highest BCUT2D eigenvalue weighted by atomic mass is 16.7. The molecule has 3 aromatic rings. The molecule has 0 fully saturated rings. The number of hydrogen-bond donors (Lipinski definition) is 1. The largest absolute Gasteiger partial charge is 0.476 e. The number of fused-ring (bicyclic) bond motifs is 3. The molecule has 0 radical (unpaired) electrons. The molecule has 2 N–H and O–H groups in total. The van der Waals surface area contributed by atoms with Crippen LogP contribution in [-0.4, -0.2) is 26.4 Å². The summed E-state index contributed by atoms with van der Waals surface area (Å²) < 4.78 is 6.80. The molecule has 0 unspecified atom stereocenters. The number of rotatable bonds is 2. The van der Waals surface area contributed by atoms with Gasteiger partial charge in [-0.25, -0.2) is 9.50 Å². The van der Waals surface area contributed by atoms with Crippen molar-refractivity contribution >= 4 is 22.4 Å². The Hall–Kier alpha value is -2.96. The van der Waals surface area contributed by atoms with Gasteiger partial charge >= 0.3 is 0 Å². The van der Waals surface area contributed by atoms with Crippen molar-refractivity contribution in [2.45, 2.75) is 0 Å². The van der Waals surface area contributed by atoms with Gasteiger partial charge in [0.1, 0.15) is 12.1 Å². The van der Waals surface area contributed by atoms with Crippen molar-refractivity contribution in [3.63, 3.8) is 0 Å². The topological polar surface area (TPSA) is 77.9 Å². The van der Waals surface area contributed by atoms with E-state index >= 15 is 0 Å². The van der Waals surface area contributed by atoms with Crippen LogP contribution < -0.4 is 10.6 Å². The molecule has 0 spiro atoms. The standard InChI is InChI=1S/C13H11N5O2/c14-13-10-7-9(20-17-5-6-19-8-17)1-2-11(10)18-12(16-13)3-4-15-18/h1-7H,8H2,(H2,14,16). The quantitative estimate of drug-likeness (QED) is 0.760. The fourth-order valence-corrected chi connectivity index (χ4v) is 2.17. The Labute approximate surface area is 113 Å². The third-order valence-electron chi connectivity index (χ3n) is 3.08. The zero-order valence-corrected chi connectivity index (χ0v) is 10.4. The molecule has 100 valence electrons. The first-order valence-electron chi connectivity index (χ1n) is 6.07. The highest BCUT2D eigenvalue weighted by molar-refractivity contribution is 5.91. The van der Waals surface area contributed by atoms with E-state index in [9.17, 15) is 0 Å². The fraction of sp³-hybridized carbons (Fsp3) is 0.0769. The molecular formula is C13H11N5O2. The maximum Gasteiger partial charge on any atom is 0.193 e. The van der Waals surface area contributed by atoms with Crippen molar-refractivity contribution in [1.82, 2.24) is 19.7 Å². The third-order valence-corrected chi connectivity index (χ3v) is 3.08. The summed E-state index contributed by atoms with van der Waals surface area (Å²) in [6.45, 7) is 0.365. The maximum atomic E-state index is 6.00. The van der Waals surface area contributed by atoms with Crippen molar-refractivity contribution < 1.29 is 9.57 Å². The first-order chi connectivity index (χ1) is 9.81. The van der Waals surface area contributed by atoms with Crippen molar-refractivity contribution in [3.05, 3.63) is 42.9 Å². The van der Waals surface area contributed by atoms with Crippen molar-refractivity contribution in [2.75, 3.05) is 12.5 Å². The number of nitrogens with zero attached hydrogens (tertiary/aromatic N) is 4. The molecule has 4 rings (SSSR count). The summed E-state index contributed by atoms with van der Waals surface area (Å²) in [6.07, 6.45) is 4.98. The molecule has 2 aromatic heterocycles. The maximum absolute atomic E-state index is 6.00. The van der Waals surface area contributed by atoms with Crippen molar-refractivity contribution in [1.29, 1.82) is 0 Å². The molecule has 1 aliphatic rings. The van der Waals surface area contributed by atoms with Gasteiger partial charge in [-0.15, -0.1) is 0 Å².